The summed E-state index contributed by atoms with van der Waals surface area (Å²) >= 11 is 1.71. The zero-order chi connectivity index (χ0) is 15.5. The number of rotatable bonds is 4. The first-order valence-electron chi connectivity index (χ1n) is 6.71. The molecule has 0 aliphatic heterocycles. The van der Waals surface area contributed by atoms with Crippen molar-refractivity contribution in [1.82, 2.24) is 4.98 Å². The molecule has 0 radical (unpaired) electrons. The molecule has 4 nitrogen and oxygen atoms in total. The van der Waals surface area contributed by atoms with Crippen molar-refractivity contribution >= 4 is 17.0 Å². The van der Waals surface area contributed by atoms with Gasteiger partial charge in [-0.15, -0.1) is 11.3 Å². The van der Waals surface area contributed by atoms with E-state index in [2.05, 4.69) is 37.1 Å². The number of benzene rings is 1. The average molecular weight is 301 g/mol. The fraction of sp³-hybridized carbons (Fsp3) is 0.375. The lowest BCUT2D eigenvalue weighted by Gasteiger charge is -2.13. The Labute approximate surface area is 129 Å². The molecule has 0 fully saturated rings. The molecule has 0 unspecified atom stereocenters. The molecule has 1 aromatic carbocycles. The molecule has 21 heavy (non-hydrogen) atoms. The van der Waals surface area contributed by atoms with Crippen LogP contribution in [0.4, 0.5) is 5.69 Å². The molecule has 1 N–H and O–H groups in total. The third-order valence-electron chi connectivity index (χ3n) is 2.98. The van der Waals surface area contributed by atoms with Gasteiger partial charge in [0.1, 0.15) is 5.75 Å². The third kappa shape index (κ3) is 3.73. The zero-order valence-electron chi connectivity index (χ0n) is 12.7. The zero-order valence-corrected chi connectivity index (χ0v) is 13.5. The van der Waals surface area contributed by atoms with Gasteiger partial charge in [0.2, 0.25) is 0 Å². The van der Waals surface area contributed by atoms with Crippen LogP contribution in [0.2, 0.25) is 0 Å². The first kappa shape index (κ1) is 15.3. The summed E-state index contributed by atoms with van der Waals surface area (Å²) in [5, 5.41) is 13.4. The van der Waals surface area contributed by atoms with Crippen LogP contribution in [0, 0.1) is 11.3 Å². The molecule has 5 heteroatoms. The molecule has 2 rings (SSSR count). The first-order chi connectivity index (χ1) is 9.94. The fourth-order valence-electron chi connectivity index (χ4n) is 1.83. The van der Waals surface area contributed by atoms with E-state index < -0.39 is 0 Å². The highest BCUT2D eigenvalue weighted by atomic mass is 32.1. The third-order valence-corrected chi connectivity index (χ3v) is 4.40. The Bertz CT molecular complexity index is 665. The highest BCUT2D eigenvalue weighted by Crippen LogP contribution is 2.29. The minimum absolute atomic E-state index is 0.0784. The van der Waals surface area contributed by atoms with E-state index in [-0.39, 0.29) is 5.41 Å². The Morgan fingerprint density at radius 2 is 2.14 bits per heavy atom. The minimum atomic E-state index is 0.0784. The summed E-state index contributed by atoms with van der Waals surface area (Å²) < 4.78 is 5.31. The molecule has 0 aliphatic carbocycles. The Morgan fingerprint density at radius 1 is 1.38 bits per heavy atom. The smallest absolute Gasteiger partial charge is 0.143 e. The van der Waals surface area contributed by atoms with Crippen LogP contribution in [0.15, 0.2) is 24.4 Å². The van der Waals surface area contributed by atoms with E-state index >= 15 is 0 Å². The van der Waals surface area contributed by atoms with Crippen LogP contribution in [0.5, 0.6) is 5.75 Å². The number of methoxy groups -OCH3 is 1. The van der Waals surface area contributed by atoms with Crippen LogP contribution in [0.1, 0.15) is 36.2 Å². The van der Waals surface area contributed by atoms with Crippen LogP contribution in [-0.4, -0.2) is 12.1 Å². The molecule has 2 aromatic rings. The standard InChI is InChI=1S/C16H19N3OS/c1-16(2,3)15-19-10-12(21-15)9-18-13-6-5-11(8-17)7-14(13)20-4/h5-7,10,18H,9H2,1-4H3. The summed E-state index contributed by atoms with van der Waals surface area (Å²) in [6, 6.07) is 7.48. The lowest BCUT2D eigenvalue weighted by Crippen LogP contribution is -2.09. The number of nitrogens with zero attached hydrogens (tertiary/aromatic N) is 2. The predicted octanol–water partition coefficient (Wildman–Crippen LogP) is 3.93. The van der Waals surface area contributed by atoms with Crippen molar-refractivity contribution in [2.24, 2.45) is 0 Å². The summed E-state index contributed by atoms with van der Waals surface area (Å²) in [7, 11) is 1.60. The second kappa shape index (κ2) is 6.15. The number of thiazole rings is 1. The highest BCUT2D eigenvalue weighted by Gasteiger charge is 2.17. The predicted molar refractivity (Wildman–Crippen MR) is 85.8 cm³/mol. The maximum atomic E-state index is 8.90. The van der Waals surface area contributed by atoms with Gasteiger partial charge in [-0.3, -0.25) is 0 Å². The Balaban J connectivity index is 2.10. The van der Waals surface area contributed by atoms with Gasteiger partial charge in [-0.2, -0.15) is 5.26 Å². The normalized spacial score (nSPS) is 11.0. The molecule has 0 saturated heterocycles. The van der Waals surface area contributed by atoms with E-state index in [1.165, 1.54) is 4.88 Å². The molecule has 110 valence electrons. The Morgan fingerprint density at radius 3 is 2.71 bits per heavy atom. The van der Waals surface area contributed by atoms with Crippen molar-refractivity contribution in [3.05, 3.63) is 39.8 Å². The van der Waals surface area contributed by atoms with Gasteiger partial charge in [-0.05, 0) is 12.1 Å². The van der Waals surface area contributed by atoms with E-state index in [4.69, 9.17) is 10.00 Å². The molecular formula is C16H19N3OS. The van der Waals surface area contributed by atoms with Crippen molar-refractivity contribution in [3.63, 3.8) is 0 Å². The largest absolute Gasteiger partial charge is 0.495 e. The van der Waals surface area contributed by atoms with Gasteiger partial charge in [0, 0.05) is 22.6 Å². The maximum absolute atomic E-state index is 8.90. The van der Waals surface area contributed by atoms with Crippen molar-refractivity contribution in [3.8, 4) is 11.8 Å². The van der Waals surface area contributed by atoms with Crippen molar-refractivity contribution in [2.45, 2.75) is 32.7 Å². The monoisotopic (exact) mass is 301 g/mol. The molecular weight excluding hydrogens is 282 g/mol. The van der Waals surface area contributed by atoms with E-state index in [1.807, 2.05) is 12.3 Å². The molecule has 0 atom stereocenters. The minimum Gasteiger partial charge on any atom is -0.495 e. The number of nitrogens with one attached hydrogen (secondary N) is 1. The Hall–Kier alpha value is -2.06. The SMILES string of the molecule is COc1cc(C#N)ccc1NCc1cnc(C(C)(C)C)s1. The van der Waals surface area contributed by atoms with Crippen LogP contribution in [0.3, 0.4) is 0 Å². The van der Waals surface area contributed by atoms with Gasteiger partial charge in [-0.25, -0.2) is 4.98 Å². The van der Waals surface area contributed by atoms with Crippen LogP contribution in [0.25, 0.3) is 0 Å². The summed E-state index contributed by atoms with van der Waals surface area (Å²) in [5.74, 6) is 0.676. The van der Waals surface area contributed by atoms with Gasteiger partial charge in [0.15, 0.2) is 0 Å². The van der Waals surface area contributed by atoms with Gasteiger partial charge < -0.3 is 10.1 Å². The van der Waals surface area contributed by atoms with Crippen LogP contribution in [-0.2, 0) is 12.0 Å². The lowest BCUT2D eigenvalue weighted by atomic mass is 9.98. The van der Waals surface area contributed by atoms with E-state index in [1.54, 1.807) is 30.6 Å². The van der Waals surface area contributed by atoms with Crippen molar-refractivity contribution in [1.29, 1.82) is 5.26 Å². The molecule has 1 heterocycles. The summed E-state index contributed by atoms with van der Waals surface area (Å²) in [6.45, 7) is 7.17. The molecule has 1 aromatic heterocycles. The first-order valence-corrected chi connectivity index (χ1v) is 7.53. The van der Waals surface area contributed by atoms with Crippen molar-refractivity contribution < 1.29 is 4.74 Å². The van der Waals surface area contributed by atoms with Crippen LogP contribution >= 0.6 is 11.3 Å². The molecule has 0 bridgehead atoms. The van der Waals surface area contributed by atoms with E-state index in [0.717, 1.165) is 10.7 Å². The number of ether oxygens (including phenoxy) is 1. The number of hydrogen-bond acceptors (Lipinski definition) is 5. The number of nitriles is 1. The van der Waals surface area contributed by atoms with Gasteiger partial charge in [0.05, 0.1) is 36.0 Å². The van der Waals surface area contributed by atoms with E-state index in [0.29, 0.717) is 17.9 Å². The quantitative estimate of drug-likeness (QED) is 0.929. The van der Waals surface area contributed by atoms with Gasteiger partial charge >= 0.3 is 0 Å². The maximum Gasteiger partial charge on any atom is 0.143 e. The summed E-state index contributed by atoms with van der Waals surface area (Å²) in [6.07, 6.45) is 1.91. The fourth-order valence-corrected chi connectivity index (χ4v) is 2.73. The average Bonchev–Trinajstić information content (AvgIpc) is 2.94. The number of anilines is 1. The highest BCUT2D eigenvalue weighted by molar-refractivity contribution is 7.11. The van der Waals surface area contributed by atoms with Crippen LogP contribution < -0.4 is 10.1 Å². The number of aromatic nitrogens is 1. The lowest BCUT2D eigenvalue weighted by molar-refractivity contribution is 0.416. The van der Waals surface area contributed by atoms with Gasteiger partial charge in [-0.1, -0.05) is 20.8 Å². The topological polar surface area (TPSA) is 57.9 Å². The van der Waals surface area contributed by atoms with Crippen molar-refractivity contribution in [2.75, 3.05) is 12.4 Å². The van der Waals surface area contributed by atoms with Gasteiger partial charge in [0.25, 0.3) is 0 Å². The second-order valence-electron chi connectivity index (χ2n) is 5.76. The molecule has 0 spiro atoms. The summed E-state index contributed by atoms with van der Waals surface area (Å²) in [4.78, 5) is 5.65. The molecule has 0 saturated carbocycles. The number of hydrogen-bond donors (Lipinski definition) is 1. The Kier molecular flexibility index (Phi) is 4.49. The molecule has 0 aliphatic rings. The second-order valence-corrected chi connectivity index (χ2v) is 6.88. The molecule has 0 amide bonds. The summed E-state index contributed by atoms with van der Waals surface area (Å²) in [5.41, 5.74) is 1.54. The van der Waals surface area contributed by atoms with E-state index in [9.17, 15) is 0 Å².